The van der Waals surface area contributed by atoms with Crippen LogP contribution in [-0.2, 0) is 4.79 Å². The third-order valence-corrected chi connectivity index (χ3v) is 5.18. The SMILES string of the molecule is CC(C)(NC(=O)c1sccc1Br)C(C)(C)C(=O)O. The van der Waals surface area contributed by atoms with Crippen LogP contribution in [0.1, 0.15) is 37.4 Å². The lowest BCUT2D eigenvalue weighted by Gasteiger charge is -2.38. The summed E-state index contributed by atoms with van der Waals surface area (Å²) in [7, 11) is 0. The van der Waals surface area contributed by atoms with E-state index in [1.807, 2.05) is 0 Å². The predicted molar refractivity (Wildman–Crippen MR) is 75.0 cm³/mol. The molecule has 1 aromatic heterocycles. The van der Waals surface area contributed by atoms with E-state index < -0.39 is 16.9 Å². The number of carboxylic acid groups (broad SMARTS) is 1. The second-order valence-electron chi connectivity index (χ2n) is 5.11. The third kappa shape index (κ3) is 2.75. The van der Waals surface area contributed by atoms with E-state index in [1.54, 1.807) is 39.1 Å². The Morgan fingerprint density at radius 3 is 2.28 bits per heavy atom. The molecule has 0 aliphatic rings. The third-order valence-electron chi connectivity index (χ3n) is 3.35. The molecule has 0 aliphatic heterocycles. The zero-order chi connectivity index (χ0) is 14.1. The van der Waals surface area contributed by atoms with Gasteiger partial charge in [0.05, 0.1) is 11.0 Å². The summed E-state index contributed by atoms with van der Waals surface area (Å²) in [5, 5.41) is 13.8. The first-order valence-electron chi connectivity index (χ1n) is 5.38. The standard InChI is InChI=1S/C12H16BrNO3S/c1-11(2,10(16)17)12(3,4)14-9(15)8-7(13)5-6-18-8/h5-6H,1-4H3,(H,14,15)(H,16,17). The predicted octanol–water partition coefficient (Wildman–Crippen LogP) is 3.13. The van der Waals surface area contributed by atoms with E-state index in [0.717, 1.165) is 0 Å². The van der Waals surface area contributed by atoms with Gasteiger partial charge in [-0.3, -0.25) is 9.59 Å². The van der Waals surface area contributed by atoms with Crippen LogP contribution >= 0.6 is 27.3 Å². The first-order chi connectivity index (χ1) is 8.09. The van der Waals surface area contributed by atoms with Crippen molar-refractivity contribution in [1.29, 1.82) is 0 Å². The van der Waals surface area contributed by atoms with Gasteiger partial charge in [0.1, 0.15) is 4.88 Å². The molecule has 6 heteroatoms. The molecule has 100 valence electrons. The molecule has 1 rings (SSSR count). The van der Waals surface area contributed by atoms with Crippen molar-refractivity contribution in [3.05, 3.63) is 20.8 Å². The van der Waals surface area contributed by atoms with Gasteiger partial charge >= 0.3 is 5.97 Å². The first-order valence-corrected chi connectivity index (χ1v) is 7.06. The second kappa shape index (κ2) is 5.01. The summed E-state index contributed by atoms with van der Waals surface area (Å²) >= 11 is 4.60. The molecular formula is C12H16BrNO3S. The number of hydrogen-bond donors (Lipinski definition) is 2. The number of amides is 1. The second-order valence-corrected chi connectivity index (χ2v) is 6.88. The van der Waals surface area contributed by atoms with Gasteiger partial charge < -0.3 is 10.4 Å². The maximum atomic E-state index is 12.1. The number of carbonyl (C=O) groups excluding carboxylic acids is 1. The van der Waals surface area contributed by atoms with Gasteiger partial charge in [0.15, 0.2) is 0 Å². The van der Waals surface area contributed by atoms with Crippen LogP contribution in [0.2, 0.25) is 0 Å². The molecule has 0 saturated carbocycles. The molecule has 1 heterocycles. The van der Waals surface area contributed by atoms with Gasteiger partial charge in [0.2, 0.25) is 0 Å². The van der Waals surface area contributed by atoms with Gasteiger partial charge in [0.25, 0.3) is 5.91 Å². The minimum absolute atomic E-state index is 0.267. The topological polar surface area (TPSA) is 66.4 Å². The molecule has 0 atom stereocenters. The van der Waals surface area contributed by atoms with E-state index in [4.69, 9.17) is 0 Å². The lowest BCUT2D eigenvalue weighted by molar-refractivity contribution is -0.150. The number of thiophene rings is 1. The van der Waals surface area contributed by atoms with Crippen LogP contribution in [0.15, 0.2) is 15.9 Å². The number of carbonyl (C=O) groups is 2. The molecule has 0 unspecified atom stereocenters. The summed E-state index contributed by atoms with van der Waals surface area (Å²) in [5.41, 5.74) is -1.92. The van der Waals surface area contributed by atoms with Crippen molar-refractivity contribution >= 4 is 39.1 Å². The molecule has 0 spiro atoms. The highest BCUT2D eigenvalue weighted by Gasteiger charge is 2.44. The van der Waals surface area contributed by atoms with Gasteiger partial charge in [0, 0.05) is 4.47 Å². The Morgan fingerprint density at radius 2 is 1.89 bits per heavy atom. The highest BCUT2D eigenvalue weighted by molar-refractivity contribution is 9.10. The molecular weight excluding hydrogens is 318 g/mol. The van der Waals surface area contributed by atoms with Gasteiger partial charge in [-0.15, -0.1) is 11.3 Å². The number of rotatable bonds is 4. The Hall–Kier alpha value is -0.880. The van der Waals surface area contributed by atoms with Crippen molar-refractivity contribution in [2.24, 2.45) is 5.41 Å². The van der Waals surface area contributed by atoms with Crippen molar-refractivity contribution in [2.45, 2.75) is 33.2 Å². The van der Waals surface area contributed by atoms with Gasteiger partial charge in [-0.25, -0.2) is 0 Å². The van der Waals surface area contributed by atoms with Crippen LogP contribution in [0.5, 0.6) is 0 Å². The largest absolute Gasteiger partial charge is 0.481 e. The van der Waals surface area contributed by atoms with Crippen LogP contribution in [0.3, 0.4) is 0 Å². The molecule has 0 saturated heterocycles. The van der Waals surface area contributed by atoms with E-state index in [-0.39, 0.29) is 5.91 Å². The quantitative estimate of drug-likeness (QED) is 0.889. The highest BCUT2D eigenvalue weighted by atomic mass is 79.9. The average Bonchev–Trinajstić information content (AvgIpc) is 2.63. The average molecular weight is 334 g/mol. The van der Waals surface area contributed by atoms with Gasteiger partial charge in [-0.1, -0.05) is 0 Å². The molecule has 4 nitrogen and oxygen atoms in total. The summed E-state index contributed by atoms with van der Waals surface area (Å²) in [6, 6.07) is 1.79. The fraction of sp³-hybridized carbons (Fsp3) is 0.500. The Balaban J connectivity index is 2.94. The summed E-state index contributed by atoms with van der Waals surface area (Å²) in [6.45, 7) is 6.61. The Morgan fingerprint density at radius 1 is 1.33 bits per heavy atom. The minimum atomic E-state index is -1.06. The molecule has 0 bridgehead atoms. The maximum Gasteiger partial charge on any atom is 0.311 e. The lowest BCUT2D eigenvalue weighted by atomic mass is 9.74. The van der Waals surface area contributed by atoms with Crippen molar-refractivity contribution in [1.82, 2.24) is 5.32 Å². The van der Waals surface area contributed by atoms with Crippen molar-refractivity contribution in [2.75, 3.05) is 0 Å². The van der Waals surface area contributed by atoms with Crippen LogP contribution in [0.4, 0.5) is 0 Å². The summed E-state index contributed by atoms with van der Waals surface area (Å²) in [5.74, 6) is -1.21. The monoisotopic (exact) mass is 333 g/mol. The molecule has 0 fully saturated rings. The van der Waals surface area contributed by atoms with E-state index in [0.29, 0.717) is 9.35 Å². The number of nitrogens with one attached hydrogen (secondary N) is 1. The van der Waals surface area contributed by atoms with Gasteiger partial charge in [-0.05, 0) is 55.1 Å². The Labute approximate surface area is 119 Å². The Bertz CT molecular complexity index is 479. The Kier molecular flexibility index (Phi) is 4.23. The fourth-order valence-electron chi connectivity index (χ4n) is 1.22. The molecule has 2 N–H and O–H groups in total. The fourth-order valence-corrected chi connectivity index (χ4v) is 2.67. The number of carboxylic acids is 1. The van der Waals surface area contributed by atoms with E-state index in [1.165, 1.54) is 11.3 Å². The van der Waals surface area contributed by atoms with Crippen LogP contribution in [0.25, 0.3) is 0 Å². The van der Waals surface area contributed by atoms with Crippen LogP contribution in [-0.4, -0.2) is 22.5 Å². The van der Waals surface area contributed by atoms with E-state index in [9.17, 15) is 14.7 Å². The first kappa shape index (κ1) is 15.2. The maximum absolute atomic E-state index is 12.1. The molecule has 0 aromatic carbocycles. The number of hydrogen-bond acceptors (Lipinski definition) is 3. The van der Waals surface area contributed by atoms with E-state index in [2.05, 4.69) is 21.2 Å². The van der Waals surface area contributed by atoms with Crippen molar-refractivity contribution in [3.63, 3.8) is 0 Å². The molecule has 0 radical (unpaired) electrons. The molecule has 18 heavy (non-hydrogen) atoms. The molecule has 1 amide bonds. The van der Waals surface area contributed by atoms with E-state index >= 15 is 0 Å². The molecule has 0 aliphatic carbocycles. The van der Waals surface area contributed by atoms with Crippen molar-refractivity contribution < 1.29 is 14.7 Å². The number of halogens is 1. The lowest BCUT2D eigenvalue weighted by Crippen LogP contribution is -2.56. The highest BCUT2D eigenvalue weighted by Crippen LogP contribution is 2.32. The van der Waals surface area contributed by atoms with Crippen LogP contribution < -0.4 is 5.32 Å². The minimum Gasteiger partial charge on any atom is -0.481 e. The van der Waals surface area contributed by atoms with Crippen LogP contribution in [0, 0.1) is 5.41 Å². The molecule has 1 aromatic rings. The zero-order valence-corrected chi connectivity index (χ0v) is 13.1. The summed E-state index contributed by atoms with van der Waals surface area (Å²) < 4.78 is 0.717. The summed E-state index contributed by atoms with van der Waals surface area (Å²) in [6.07, 6.45) is 0. The normalized spacial score (nSPS) is 12.3. The smallest absolute Gasteiger partial charge is 0.311 e. The zero-order valence-electron chi connectivity index (χ0n) is 10.7. The van der Waals surface area contributed by atoms with Crippen molar-refractivity contribution in [3.8, 4) is 0 Å². The van der Waals surface area contributed by atoms with Gasteiger partial charge in [-0.2, -0.15) is 0 Å². The summed E-state index contributed by atoms with van der Waals surface area (Å²) in [4.78, 5) is 23.9. The number of aliphatic carboxylic acids is 1.